The van der Waals surface area contributed by atoms with E-state index in [2.05, 4.69) is 41.8 Å². The molecule has 2 aromatic carbocycles. The second-order valence-electron chi connectivity index (χ2n) is 7.39. The predicted octanol–water partition coefficient (Wildman–Crippen LogP) is 4.29. The molecule has 0 unspecified atom stereocenters. The summed E-state index contributed by atoms with van der Waals surface area (Å²) in [6.45, 7) is 3.99. The minimum Gasteiger partial charge on any atom is -0.355 e. The molecule has 3 rings (SSSR count). The van der Waals surface area contributed by atoms with E-state index in [1.54, 1.807) is 4.90 Å². The number of rotatable bonds is 7. The van der Waals surface area contributed by atoms with Gasteiger partial charge in [-0.05, 0) is 37.5 Å². The molecule has 0 saturated carbocycles. The molecule has 0 atom stereocenters. The zero-order valence-electron chi connectivity index (χ0n) is 16.9. The third-order valence-electron chi connectivity index (χ3n) is 5.11. The number of amides is 3. The van der Waals surface area contributed by atoms with Crippen molar-refractivity contribution in [3.63, 3.8) is 0 Å². The van der Waals surface area contributed by atoms with E-state index in [1.165, 1.54) is 11.1 Å². The van der Waals surface area contributed by atoms with Crippen LogP contribution in [0.3, 0.4) is 0 Å². The van der Waals surface area contributed by atoms with Gasteiger partial charge in [0.25, 0.3) is 0 Å². The average molecular weight is 412 g/mol. The van der Waals surface area contributed by atoms with Crippen LogP contribution in [0.25, 0.3) is 0 Å². The maximum atomic E-state index is 12.4. The lowest BCUT2D eigenvalue weighted by Crippen LogP contribution is -2.44. The number of carbonyl (C=O) groups is 2. The van der Waals surface area contributed by atoms with Gasteiger partial charge in [0.2, 0.25) is 5.91 Å². The Morgan fingerprint density at radius 2 is 1.72 bits per heavy atom. The zero-order valence-corrected chi connectivity index (χ0v) is 17.7. The first kappa shape index (κ1) is 21.2. The highest BCUT2D eigenvalue weighted by Crippen LogP contribution is 2.19. The molecule has 29 heavy (non-hydrogen) atoms. The second-order valence-corrected chi connectivity index (χ2v) is 8.49. The summed E-state index contributed by atoms with van der Waals surface area (Å²) in [5.74, 6) is 1.98. The fraction of sp³-hybridized carbons (Fsp3) is 0.391. The van der Waals surface area contributed by atoms with Gasteiger partial charge in [0.1, 0.15) is 0 Å². The van der Waals surface area contributed by atoms with E-state index in [-0.39, 0.29) is 17.9 Å². The molecule has 6 heteroatoms. The number of anilines is 1. The standard InChI is InChI=1S/C23H29N3O2S/c1-18-7-9-19(10-8-18)17-29-16-13-24-22(27)20-11-14-26(15-12-20)23(28)25-21-5-3-2-4-6-21/h2-10,20H,11-17H2,1H3,(H,24,27)(H,25,28). The van der Waals surface area contributed by atoms with Crippen LogP contribution in [-0.2, 0) is 10.5 Å². The van der Waals surface area contributed by atoms with Gasteiger partial charge in [-0.3, -0.25) is 4.79 Å². The lowest BCUT2D eigenvalue weighted by molar-refractivity contribution is -0.126. The van der Waals surface area contributed by atoms with Gasteiger partial charge >= 0.3 is 6.03 Å². The van der Waals surface area contributed by atoms with Crippen LogP contribution < -0.4 is 10.6 Å². The summed E-state index contributed by atoms with van der Waals surface area (Å²) in [7, 11) is 0. The number of hydrogen-bond acceptors (Lipinski definition) is 3. The highest BCUT2D eigenvalue weighted by atomic mass is 32.2. The monoisotopic (exact) mass is 411 g/mol. The topological polar surface area (TPSA) is 61.4 Å². The third kappa shape index (κ3) is 6.82. The van der Waals surface area contributed by atoms with Crippen LogP contribution in [0.2, 0.25) is 0 Å². The van der Waals surface area contributed by atoms with E-state index in [0.29, 0.717) is 32.5 Å². The van der Waals surface area contributed by atoms with Gasteiger partial charge < -0.3 is 15.5 Å². The molecule has 1 heterocycles. The largest absolute Gasteiger partial charge is 0.355 e. The van der Waals surface area contributed by atoms with Gasteiger partial charge in [-0.15, -0.1) is 0 Å². The van der Waals surface area contributed by atoms with Crippen molar-refractivity contribution >= 4 is 29.4 Å². The quantitative estimate of drug-likeness (QED) is 0.668. The van der Waals surface area contributed by atoms with Crippen molar-refractivity contribution < 1.29 is 9.59 Å². The minimum absolute atomic E-state index is 0.00197. The number of carbonyl (C=O) groups excluding carboxylic acids is 2. The van der Waals surface area contributed by atoms with Gasteiger partial charge in [-0.2, -0.15) is 11.8 Å². The van der Waals surface area contributed by atoms with Crippen molar-refractivity contribution in [2.75, 3.05) is 30.7 Å². The van der Waals surface area contributed by atoms with E-state index < -0.39 is 0 Å². The highest BCUT2D eigenvalue weighted by molar-refractivity contribution is 7.98. The van der Waals surface area contributed by atoms with Crippen LogP contribution in [0.4, 0.5) is 10.5 Å². The molecule has 1 aliphatic heterocycles. The second kappa shape index (κ2) is 10.9. The third-order valence-corrected chi connectivity index (χ3v) is 6.14. The van der Waals surface area contributed by atoms with E-state index in [0.717, 1.165) is 17.2 Å². The molecule has 5 nitrogen and oxygen atoms in total. The van der Waals surface area contributed by atoms with Gasteiger partial charge in [-0.1, -0.05) is 48.0 Å². The van der Waals surface area contributed by atoms with E-state index in [1.807, 2.05) is 42.1 Å². The number of aryl methyl sites for hydroxylation is 1. The smallest absolute Gasteiger partial charge is 0.321 e. The van der Waals surface area contributed by atoms with Crippen molar-refractivity contribution in [1.29, 1.82) is 0 Å². The average Bonchev–Trinajstić information content (AvgIpc) is 2.75. The number of thioether (sulfide) groups is 1. The maximum absolute atomic E-state index is 12.4. The molecule has 0 radical (unpaired) electrons. The Balaban J connectivity index is 1.30. The first-order chi connectivity index (χ1) is 14.1. The highest BCUT2D eigenvalue weighted by Gasteiger charge is 2.27. The summed E-state index contributed by atoms with van der Waals surface area (Å²) in [5.41, 5.74) is 3.38. The summed E-state index contributed by atoms with van der Waals surface area (Å²) in [5, 5.41) is 5.96. The molecule has 0 aliphatic carbocycles. The molecule has 2 N–H and O–H groups in total. The molecule has 1 fully saturated rings. The lowest BCUT2D eigenvalue weighted by atomic mass is 9.96. The Hall–Kier alpha value is -2.47. The first-order valence-corrected chi connectivity index (χ1v) is 11.3. The van der Waals surface area contributed by atoms with Gasteiger partial charge in [-0.25, -0.2) is 4.79 Å². The van der Waals surface area contributed by atoms with Gasteiger partial charge in [0, 0.05) is 42.7 Å². The van der Waals surface area contributed by atoms with Crippen LogP contribution in [0.5, 0.6) is 0 Å². The van der Waals surface area contributed by atoms with Gasteiger partial charge in [0.15, 0.2) is 0 Å². The molecule has 3 amide bonds. The first-order valence-electron chi connectivity index (χ1n) is 10.1. The van der Waals surface area contributed by atoms with Crippen LogP contribution in [0, 0.1) is 12.8 Å². The Labute approximate surface area is 177 Å². The molecular formula is C23H29N3O2S. The molecule has 154 valence electrons. The van der Waals surface area contributed by atoms with Gasteiger partial charge in [0.05, 0.1) is 0 Å². The van der Waals surface area contributed by atoms with Crippen molar-refractivity contribution in [1.82, 2.24) is 10.2 Å². The van der Waals surface area contributed by atoms with Crippen LogP contribution in [-0.4, -0.2) is 42.2 Å². The molecule has 0 bridgehead atoms. The van der Waals surface area contributed by atoms with Crippen LogP contribution in [0.1, 0.15) is 24.0 Å². The summed E-state index contributed by atoms with van der Waals surface area (Å²) < 4.78 is 0. The number of hydrogen-bond donors (Lipinski definition) is 2. The van der Waals surface area contributed by atoms with Crippen LogP contribution in [0.15, 0.2) is 54.6 Å². The number of urea groups is 1. The van der Waals surface area contributed by atoms with Crippen LogP contribution >= 0.6 is 11.8 Å². The summed E-state index contributed by atoms with van der Waals surface area (Å²) in [6.07, 6.45) is 1.43. The summed E-state index contributed by atoms with van der Waals surface area (Å²) in [4.78, 5) is 26.5. The summed E-state index contributed by atoms with van der Waals surface area (Å²) in [6, 6.07) is 17.9. The number of piperidine rings is 1. The fourth-order valence-electron chi connectivity index (χ4n) is 3.33. The Kier molecular flexibility index (Phi) is 7.99. The van der Waals surface area contributed by atoms with E-state index in [4.69, 9.17) is 0 Å². The number of benzene rings is 2. The predicted molar refractivity (Wildman–Crippen MR) is 120 cm³/mol. The molecule has 1 saturated heterocycles. The van der Waals surface area contributed by atoms with E-state index in [9.17, 15) is 9.59 Å². The van der Waals surface area contributed by atoms with Crippen molar-refractivity contribution in [2.24, 2.45) is 5.92 Å². The zero-order chi connectivity index (χ0) is 20.5. The van der Waals surface area contributed by atoms with Crippen molar-refractivity contribution in [3.8, 4) is 0 Å². The number of nitrogens with zero attached hydrogens (tertiary/aromatic N) is 1. The molecular weight excluding hydrogens is 382 g/mol. The molecule has 0 spiro atoms. The normalized spacial score (nSPS) is 14.4. The Morgan fingerprint density at radius 1 is 1.03 bits per heavy atom. The fourth-order valence-corrected chi connectivity index (χ4v) is 4.15. The maximum Gasteiger partial charge on any atom is 0.321 e. The lowest BCUT2D eigenvalue weighted by Gasteiger charge is -2.31. The SMILES string of the molecule is Cc1ccc(CSCCNC(=O)C2CCN(C(=O)Nc3ccccc3)CC2)cc1. The number of nitrogens with one attached hydrogen (secondary N) is 2. The Bertz CT molecular complexity index is 788. The molecule has 2 aromatic rings. The van der Waals surface area contributed by atoms with E-state index >= 15 is 0 Å². The number of likely N-dealkylation sites (tertiary alicyclic amines) is 1. The number of para-hydroxylation sites is 1. The molecule has 0 aromatic heterocycles. The minimum atomic E-state index is -0.0948. The van der Waals surface area contributed by atoms with Crippen molar-refractivity contribution in [3.05, 3.63) is 65.7 Å². The Morgan fingerprint density at radius 3 is 2.41 bits per heavy atom. The summed E-state index contributed by atoms with van der Waals surface area (Å²) >= 11 is 1.83. The van der Waals surface area contributed by atoms with Crippen molar-refractivity contribution in [2.45, 2.75) is 25.5 Å². The molecule has 1 aliphatic rings.